The molecule has 0 saturated heterocycles. The van der Waals surface area contributed by atoms with Gasteiger partial charge in [-0.05, 0) is 68.0 Å². The smallest absolute Gasteiger partial charge is 0.225 e. The Morgan fingerprint density at radius 2 is 1.55 bits per heavy atom. The minimum absolute atomic E-state index is 0. The van der Waals surface area contributed by atoms with E-state index in [0.717, 1.165) is 54.5 Å². The maximum atomic E-state index is 4.80. The Bertz CT molecular complexity index is 1010. The van der Waals surface area contributed by atoms with E-state index in [4.69, 9.17) is 9.97 Å². The lowest BCUT2D eigenvalue weighted by atomic mass is 9.86. The average molecular weight is 449 g/mol. The molecule has 0 unspecified atom stereocenters. The van der Waals surface area contributed by atoms with Gasteiger partial charge in [-0.15, -0.1) is 0 Å². The van der Waals surface area contributed by atoms with Crippen LogP contribution in [0.1, 0.15) is 38.7 Å². The average Bonchev–Trinajstić information content (AvgIpc) is 2.80. The molecule has 1 saturated carbocycles. The second kappa shape index (κ2) is 11.3. The summed E-state index contributed by atoms with van der Waals surface area (Å²) in [6.07, 6.45) is 4.80. The summed E-state index contributed by atoms with van der Waals surface area (Å²) in [6, 6.07) is 17.5. The Hall–Kier alpha value is -2.86. The van der Waals surface area contributed by atoms with Gasteiger partial charge in [0.05, 0.1) is 5.52 Å². The molecule has 2 aromatic carbocycles. The number of rotatable bonds is 8. The van der Waals surface area contributed by atoms with Crippen molar-refractivity contribution >= 4 is 28.4 Å². The third-order valence-electron chi connectivity index (χ3n) is 6.40. The zero-order valence-electron chi connectivity index (χ0n) is 19.8. The third kappa shape index (κ3) is 6.35. The van der Waals surface area contributed by atoms with Crippen molar-refractivity contribution in [2.75, 3.05) is 49.9 Å². The fourth-order valence-electron chi connectivity index (χ4n) is 4.49. The van der Waals surface area contributed by atoms with Gasteiger partial charge in [0, 0.05) is 51.9 Å². The number of benzene rings is 2. The van der Waals surface area contributed by atoms with Crippen LogP contribution in [0.15, 0.2) is 48.5 Å². The molecular weight excluding hydrogens is 408 g/mol. The number of hydrogen-bond donors (Lipinski definition) is 2. The van der Waals surface area contributed by atoms with Crippen molar-refractivity contribution in [3.05, 3.63) is 54.1 Å². The highest BCUT2D eigenvalue weighted by Crippen LogP contribution is 2.28. The summed E-state index contributed by atoms with van der Waals surface area (Å²) >= 11 is 0. The predicted octanol–water partition coefficient (Wildman–Crippen LogP) is 5.16. The molecule has 1 fully saturated rings. The lowest BCUT2D eigenvalue weighted by molar-refractivity contribution is 0.324. The monoisotopic (exact) mass is 448 g/mol. The number of hydrogen-bond acceptors (Lipinski definition) is 6. The number of nitrogens with one attached hydrogen (secondary N) is 2. The standard InChI is InChI=1S/C26H36N6.CH4/c1-31(2)22-15-11-20(12-16-22)18-27-17-19-9-13-21(14-10-19)28-26-29-24-8-6-5-7-23(24)25(30-26)32(3)4;/h5-8,11-12,15-16,19,21,27H,9-10,13-14,17-18H2,1-4H3,(H,28,29,30);1H4. The molecule has 1 aliphatic rings. The van der Waals surface area contributed by atoms with Crippen molar-refractivity contribution in [3.8, 4) is 0 Å². The van der Waals surface area contributed by atoms with Crippen LogP contribution < -0.4 is 20.4 Å². The predicted molar refractivity (Wildman–Crippen MR) is 142 cm³/mol. The van der Waals surface area contributed by atoms with Gasteiger partial charge >= 0.3 is 0 Å². The van der Waals surface area contributed by atoms with E-state index in [1.165, 1.54) is 24.1 Å². The lowest BCUT2D eigenvalue weighted by Crippen LogP contribution is -2.31. The fourth-order valence-corrected chi connectivity index (χ4v) is 4.49. The molecule has 2 N–H and O–H groups in total. The largest absolute Gasteiger partial charge is 0.378 e. The molecule has 178 valence electrons. The van der Waals surface area contributed by atoms with E-state index in [1.54, 1.807) is 0 Å². The van der Waals surface area contributed by atoms with Crippen molar-refractivity contribution in [1.29, 1.82) is 0 Å². The molecule has 4 rings (SSSR count). The van der Waals surface area contributed by atoms with Crippen LogP contribution in [-0.4, -0.2) is 50.7 Å². The van der Waals surface area contributed by atoms with Crippen LogP contribution >= 0.6 is 0 Å². The van der Waals surface area contributed by atoms with E-state index in [2.05, 4.69) is 70.9 Å². The highest BCUT2D eigenvalue weighted by Gasteiger charge is 2.22. The first-order valence-electron chi connectivity index (χ1n) is 11.7. The number of aromatic nitrogens is 2. The van der Waals surface area contributed by atoms with E-state index in [9.17, 15) is 0 Å². The maximum Gasteiger partial charge on any atom is 0.225 e. The van der Waals surface area contributed by atoms with Crippen LogP contribution in [0.25, 0.3) is 10.9 Å². The van der Waals surface area contributed by atoms with Crippen LogP contribution in [0.5, 0.6) is 0 Å². The molecule has 1 heterocycles. The van der Waals surface area contributed by atoms with Gasteiger partial charge in [0.25, 0.3) is 0 Å². The minimum atomic E-state index is 0. The first-order chi connectivity index (χ1) is 15.5. The number of para-hydroxylation sites is 1. The van der Waals surface area contributed by atoms with Crippen LogP contribution in [0.4, 0.5) is 17.5 Å². The van der Waals surface area contributed by atoms with E-state index < -0.39 is 0 Å². The fraction of sp³-hybridized carbons (Fsp3) is 0.481. The second-order valence-electron chi connectivity index (χ2n) is 9.34. The zero-order valence-corrected chi connectivity index (χ0v) is 19.8. The third-order valence-corrected chi connectivity index (χ3v) is 6.40. The minimum Gasteiger partial charge on any atom is -0.378 e. The highest BCUT2D eigenvalue weighted by atomic mass is 15.2. The SMILES string of the molecule is C.CN(C)c1ccc(CNCC2CCC(Nc3nc(N(C)C)c4ccccc4n3)CC2)cc1. The first-order valence-corrected chi connectivity index (χ1v) is 11.7. The van der Waals surface area contributed by atoms with Gasteiger partial charge in [-0.1, -0.05) is 31.7 Å². The molecule has 6 heteroatoms. The Morgan fingerprint density at radius 1 is 0.848 bits per heavy atom. The number of fused-ring (bicyclic) bond motifs is 1. The molecule has 33 heavy (non-hydrogen) atoms. The van der Waals surface area contributed by atoms with Crippen molar-refractivity contribution in [2.24, 2.45) is 5.92 Å². The summed E-state index contributed by atoms with van der Waals surface area (Å²) < 4.78 is 0. The molecule has 1 aliphatic carbocycles. The molecule has 0 amide bonds. The Balaban J connectivity index is 0.00000306. The summed E-state index contributed by atoms with van der Waals surface area (Å²) in [5.41, 5.74) is 3.58. The summed E-state index contributed by atoms with van der Waals surface area (Å²) in [4.78, 5) is 13.8. The van der Waals surface area contributed by atoms with Crippen molar-refractivity contribution in [3.63, 3.8) is 0 Å². The van der Waals surface area contributed by atoms with Crippen LogP contribution in [0, 0.1) is 5.92 Å². The van der Waals surface area contributed by atoms with E-state index >= 15 is 0 Å². The van der Waals surface area contributed by atoms with Gasteiger partial charge in [-0.2, -0.15) is 4.98 Å². The number of nitrogens with zero attached hydrogens (tertiary/aromatic N) is 4. The topological polar surface area (TPSA) is 56.3 Å². The Labute approximate surface area is 199 Å². The normalized spacial score (nSPS) is 17.9. The van der Waals surface area contributed by atoms with Gasteiger partial charge in [-0.25, -0.2) is 4.98 Å². The quantitative estimate of drug-likeness (QED) is 0.497. The van der Waals surface area contributed by atoms with E-state index in [-0.39, 0.29) is 7.43 Å². The molecule has 6 nitrogen and oxygen atoms in total. The van der Waals surface area contributed by atoms with Gasteiger partial charge in [0.15, 0.2) is 0 Å². The maximum absolute atomic E-state index is 4.80. The van der Waals surface area contributed by atoms with Crippen molar-refractivity contribution in [2.45, 2.75) is 45.7 Å². The molecule has 3 aromatic rings. The van der Waals surface area contributed by atoms with Crippen molar-refractivity contribution in [1.82, 2.24) is 15.3 Å². The molecule has 0 radical (unpaired) electrons. The molecular formula is C27H40N6. The Morgan fingerprint density at radius 3 is 2.21 bits per heavy atom. The summed E-state index contributed by atoms with van der Waals surface area (Å²) in [5, 5.41) is 8.36. The summed E-state index contributed by atoms with van der Waals surface area (Å²) in [6.45, 7) is 2.02. The molecule has 1 aromatic heterocycles. The van der Waals surface area contributed by atoms with E-state index in [0.29, 0.717) is 6.04 Å². The zero-order chi connectivity index (χ0) is 22.5. The van der Waals surface area contributed by atoms with Crippen molar-refractivity contribution < 1.29 is 0 Å². The van der Waals surface area contributed by atoms with Crippen LogP contribution in [-0.2, 0) is 6.54 Å². The number of anilines is 3. The molecule has 0 aliphatic heterocycles. The molecule has 0 atom stereocenters. The van der Waals surface area contributed by atoms with E-state index in [1.807, 2.05) is 26.2 Å². The van der Waals surface area contributed by atoms with Gasteiger partial charge in [0.2, 0.25) is 5.95 Å². The lowest BCUT2D eigenvalue weighted by Gasteiger charge is -2.29. The van der Waals surface area contributed by atoms with Crippen LogP contribution in [0.3, 0.4) is 0 Å². The molecule has 0 bridgehead atoms. The van der Waals surface area contributed by atoms with Gasteiger partial charge in [-0.3, -0.25) is 0 Å². The van der Waals surface area contributed by atoms with Crippen LogP contribution in [0.2, 0.25) is 0 Å². The molecule has 0 spiro atoms. The summed E-state index contributed by atoms with van der Waals surface area (Å²) in [7, 11) is 8.22. The second-order valence-corrected chi connectivity index (χ2v) is 9.34. The van der Waals surface area contributed by atoms with Gasteiger partial charge in [0.1, 0.15) is 5.82 Å². The Kier molecular flexibility index (Phi) is 8.50. The summed E-state index contributed by atoms with van der Waals surface area (Å²) in [5.74, 6) is 2.45. The first kappa shape index (κ1) is 24.8. The highest BCUT2D eigenvalue weighted by molar-refractivity contribution is 5.90. The van der Waals surface area contributed by atoms with Gasteiger partial charge < -0.3 is 20.4 Å².